The van der Waals surface area contributed by atoms with E-state index in [1.165, 1.54) is 12.1 Å². The summed E-state index contributed by atoms with van der Waals surface area (Å²) in [6.07, 6.45) is -9.89. The molecule has 0 spiro atoms. The topological polar surface area (TPSA) is 17.1 Å². The van der Waals surface area contributed by atoms with Crippen molar-refractivity contribution in [3.63, 3.8) is 0 Å². The highest BCUT2D eigenvalue weighted by molar-refractivity contribution is 8.14. The number of halogens is 7. The minimum Gasteiger partial charge on any atom is -0.282 e. The van der Waals surface area contributed by atoms with Crippen LogP contribution >= 0.6 is 11.8 Å². The van der Waals surface area contributed by atoms with Gasteiger partial charge in [-0.15, -0.1) is 0 Å². The molecular weight excluding hydrogens is 337 g/mol. The van der Waals surface area contributed by atoms with Gasteiger partial charge in [0.25, 0.3) is 5.92 Å². The van der Waals surface area contributed by atoms with E-state index >= 15 is 0 Å². The van der Waals surface area contributed by atoms with Crippen molar-refractivity contribution in [2.75, 3.05) is 5.75 Å². The SMILES string of the molecule is O=C(SCCC(F)(F)CC(F)(F)C(F)(F)F)c1ccccc1. The second-order valence-electron chi connectivity index (χ2n) is 4.49. The standard InChI is InChI=1S/C13H11F7OS/c14-11(15,8-12(16,17)13(18,19)20)6-7-22-10(21)9-4-2-1-3-5-9/h1-5H,6-8H2. The van der Waals surface area contributed by atoms with Crippen LogP contribution in [0.3, 0.4) is 0 Å². The van der Waals surface area contributed by atoms with E-state index in [2.05, 4.69) is 0 Å². The van der Waals surface area contributed by atoms with Crippen molar-refractivity contribution in [2.45, 2.75) is 30.9 Å². The van der Waals surface area contributed by atoms with Gasteiger partial charge in [0.05, 0.1) is 6.42 Å². The van der Waals surface area contributed by atoms with Crippen molar-refractivity contribution in [1.29, 1.82) is 0 Å². The Balaban J connectivity index is 2.51. The maximum Gasteiger partial charge on any atom is 0.453 e. The van der Waals surface area contributed by atoms with Crippen LogP contribution in [0.25, 0.3) is 0 Å². The molecule has 0 atom stereocenters. The first-order chi connectivity index (χ1) is 9.95. The highest BCUT2D eigenvalue weighted by Gasteiger charge is 2.61. The number of carbonyl (C=O) groups excluding carboxylic acids is 1. The highest BCUT2D eigenvalue weighted by Crippen LogP contribution is 2.43. The maximum atomic E-state index is 13.2. The summed E-state index contributed by atoms with van der Waals surface area (Å²) in [6.45, 7) is 0. The average Bonchev–Trinajstić information content (AvgIpc) is 2.36. The smallest absolute Gasteiger partial charge is 0.282 e. The molecule has 0 radical (unpaired) electrons. The van der Waals surface area contributed by atoms with Crippen molar-refractivity contribution < 1.29 is 35.5 Å². The molecule has 0 amide bonds. The normalized spacial score (nSPS) is 13.2. The van der Waals surface area contributed by atoms with Crippen LogP contribution in [0.5, 0.6) is 0 Å². The third-order valence-electron chi connectivity index (χ3n) is 2.61. The van der Waals surface area contributed by atoms with Crippen molar-refractivity contribution in [1.82, 2.24) is 0 Å². The third-order valence-corrected chi connectivity index (χ3v) is 3.51. The molecule has 0 aliphatic carbocycles. The molecule has 0 bridgehead atoms. The van der Waals surface area contributed by atoms with Gasteiger partial charge in [-0.05, 0) is 0 Å². The predicted octanol–water partition coefficient (Wildman–Crippen LogP) is 5.17. The highest BCUT2D eigenvalue weighted by atomic mass is 32.2. The van der Waals surface area contributed by atoms with Crippen molar-refractivity contribution >= 4 is 16.9 Å². The van der Waals surface area contributed by atoms with E-state index in [1.54, 1.807) is 18.2 Å². The van der Waals surface area contributed by atoms with Crippen molar-refractivity contribution in [2.24, 2.45) is 0 Å². The number of carbonyl (C=O) groups is 1. The van der Waals surface area contributed by atoms with Gasteiger partial charge in [0.15, 0.2) is 0 Å². The lowest BCUT2D eigenvalue weighted by Crippen LogP contribution is -2.41. The summed E-state index contributed by atoms with van der Waals surface area (Å²) < 4.78 is 87.3. The fourth-order valence-electron chi connectivity index (χ4n) is 1.46. The van der Waals surface area contributed by atoms with Crippen LogP contribution in [0.4, 0.5) is 30.7 Å². The summed E-state index contributed by atoms with van der Waals surface area (Å²) in [5, 5.41) is -0.556. The number of hydrogen-bond donors (Lipinski definition) is 0. The largest absolute Gasteiger partial charge is 0.453 e. The molecule has 0 heterocycles. The van der Waals surface area contributed by atoms with Gasteiger partial charge in [0.1, 0.15) is 0 Å². The molecule has 22 heavy (non-hydrogen) atoms. The second-order valence-corrected chi connectivity index (χ2v) is 5.55. The van der Waals surface area contributed by atoms with Crippen molar-refractivity contribution in [3.8, 4) is 0 Å². The summed E-state index contributed by atoms with van der Waals surface area (Å²) in [5.41, 5.74) is 0.233. The fourth-order valence-corrected chi connectivity index (χ4v) is 2.35. The monoisotopic (exact) mass is 348 g/mol. The molecule has 0 saturated carbocycles. The lowest BCUT2D eigenvalue weighted by atomic mass is 10.1. The van der Waals surface area contributed by atoms with E-state index in [0.29, 0.717) is 11.8 Å². The van der Waals surface area contributed by atoms with Gasteiger partial charge in [0.2, 0.25) is 5.12 Å². The minimum atomic E-state index is -6.02. The van der Waals surface area contributed by atoms with E-state index in [9.17, 15) is 35.5 Å². The number of rotatable bonds is 6. The second kappa shape index (κ2) is 6.89. The first kappa shape index (κ1) is 18.8. The van der Waals surface area contributed by atoms with E-state index in [4.69, 9.17) is 0 Å². The van der Waals surface area contributed by atoms with E-state index in [1.807, 2.05) is 0 Å². The van der Waals surface area contributed by atoms with Gasteiger partial charge in [-0.25, -0.2) is 8.78 Å². The lowest BCUT2D eigenvalue weighted by Gasteiger charge is -2.24. The number of benzene rings is 1. The maximum absolute atomic E-state index is 13.2. The Hall–Kier alpha value is -1.25. The average molecular weight is 348 g/mol. The van der Waals surface area contributed by atoms with Gasteiger partial charge in [0, 0.05) is 17.7 Å². The zero-order valence-corrected chi connectivity index (χ0v) is 11.8. The summed E-state index contributed by atoms with van der Waals surface area (Å²) in [6, 6.07) is 7.60. The molecule has 1 aromatic rings. The minimum absolute atomic E-state index is 0.233. The van der Waals surface area contributed by atoms with Crippen LogP contribution in [-0.2, 0) is 0 Å². The zero-order chi connectivity index (χ0) is 17.0. The molecule has 0 aliphatic rings. The summed E-state index contributed by atoms with van der Waals surface area (Å²) in [7, 11) is 0. The number of hydrogen-bond acceptors (Lipinski definition) is 2. The third kappa shape index (κ3) is 5.51. The first-order valence-corrected chi connectivity index (χ1v) is 6.98. The number of alkyl halides is 7. The summed E-state index contributed by atoms with van der Waals surface area (Å²) >= 11 is 0.445. The molecule has 124 valence electrons. The van der Waals surface area contributed by atoms with Gasteiger partial charge >= 0.3 is 12.1 Å². The van der Waals surface area contributed by atoms with Gasteiger partial charge < -0.3 is 0 Å². The Bertz CT molecular complexity index is 499. The van der Waals surface area contributed by atoms with E-state index < -0.39 is 41.7 Å². The van der Waals surface area contributed by atoms with E-state index in [-0.39, 0.29) is 5.56 Å². The molecule has 0 unspecified atom stereocenters. The molecule has 1 nitrogen and oxygen atoms in total. The fraction of sp³-hybridized carbons (Fsp3) is 0.462. The van der Waals surface area contributed by atoms with Crippen molar-refractivity contribution in [3.05, 3.63) is 35.9 Å². The van der Waals surface area contributed by atoms with Gasteiger partial charge in [-0.2, -0.15) is 22.0 Å². The lowest BCUT2D eigenvalue weighted by molar-refractivity contribution is -0.300. The van der Waals surface area contributed by atoms with Crippen LogP contribution in [0, 0.1) is 0 Å². The predicted molar refractivity (Wildman–Crippen MR) is 68.4 cm³/mol. The Kier molecular flexibility index (Phi) is 5.89. The summed E-state index contributed by atoms with van der Waals surface area (Å²) in [5.74, 6) is -10.2. The Morgan fingerprint density at radius 2 is 1.50 bits per heavy atom. The Morgan fingerprint density at radius 1 is 0.955 bits per heavy atom. The summed E-state index contributed by atoms with van der Waals surface area (Å²) in [4.78, 5) is 11.6. The van der Waals surface area contributed by atoms with Gasteiger partial charge in [-0.3, -0.25) is 4.79 Å². The van der Waals surface area contributed by atoms with Gasteiger partial charge in [-0.1, -0.05) is 42.1 Å². The molecule has 9 heteroatoms. The molecule has 0 N–H and O–H groups in total. The van der Waals surface area contributed by atoms with Crippen LogP contribution in [0.15, 0.2) is 30.3 Å². The quantitative estimate of drug-likeness (QED) is 0.660. The molecular formula is C13H11F7OS. The molecule has 0 aliphatic heterocycles. The van der Waals surface area contributed by atoms with E-state index in [0.717, 1.165) is 0 Å². The zero-order valence-electron chi connectivity index (χ0n) is 11.0. The molecule has 0 aromatic heterocycles. The van der Waals surface area contributed by atoms with Crippen LogP contribution in [0.2, 0.25) is 0 Å². The molecule has 1 aromatic carbocycles. The first-order valence-electron chi connectivity index (χ1n) is 5.99. The van der Waals surface area contributed by atoms with Crippen LogP contribution < -0.4 is 0 Å². The van der Waals surface area contributed by atoms with Crippen LogP contribution in [0.1, 0.15) is 23.2 Å². The Morgan fingerprint density at radius 3 is 2.00 bits per heavy atom. The van der Waals surface area contributed by atoms with Crippen LogP contribution in [-0.4, -0.2) is 28.9 Å². The number of thioether (sulfide) groups is 1. The molecule has 0 fully saturated rings. The molecule has 1 rings (SSSR count). The Labute approximate surface area is 125 Å². The molecule has 0 saturated heterocycles.